The van der Waals surface area contributed by atoms with Gasteiger partial charge in [-0.1, -0.05) is 37.3 Å². The van der Waals surface area contributed by atoms with Crippen LogP contribution in [0.2, 0.25) is 0 Å². The fraction of sp³-hybridized carbons (Fsp3) is 0.417. The van der Waals surface area contributed by atoms with Crippen LogP contribution in [0.3, 0.4) is 0 Å². The molecule has 1 aromatic rings. The lowest BCUT2D eigenvalue weighted by molar-refractivity contribution is -0.109. The standard InChI is InChI=1S/C12H18N2O/c1-2-14(9-8-13-11-15)10-12-6-4-3-5-7-12/h3-7,11H,2,8-10H2,1H3,(H,13,15). The third-order valence-corrected chi connectivity index (χ3v) is 2.35. The second-order valence-corrected chi connectivity index (χ2v) is 3.43. The number of hydrogen-bond acceptors (Lipinski definition) is 2. The molecule has 0 aliphatic heterocycles. The fourth-order valence-electron chi connectivity index (χ4n) is 1.47. The molecule has 0 saturated heterocycles. The van der Waals surface area contributed by atoms with Crippen LogP contribution in [0.4, 0.5) is 0 Å². The summed E-state index contributed by atoms with van der Waals surface area (Å²) in [5.74, 6) is 0. The van der Waals surface area contributed by atoms with Gasteiger partial charge in [0.15, 0.2) is 0 Å². The van der Waals surface area contributed by atoms with Crippen LogP contribution in [0, 0.1) is 0 Å². The summed E-state index contributed by atoms with van der Waals surface area (Å²) in [7, 11) is 0. The van der Waals surface area contributed by atoms with E-state index >= 15 is 0 Å². The molecule has 1 amide bonds. The predicted octanol–water partition coefficient (Wildman–Crippen LogP) is 1.25. The molecule has 0 spiro atoms. The summed E-state index contributed by atoms with van der Waals surface area (Å²) in [6.45, 7) is 5.67. The molecule has 3 heteroatoms. The highest BCUT2D eigenvalue weighted by molar-refractivity contribution is 5.45. The second kappa shape index (κ2) is 7.01. The zero-order valence-corrected chi connectivity index (χ0v) is 9.15. The maximum Gasteiger partial charge on any atom is 0.207 e. The van der Waals surface area contributed by atoms with Gasteiger partial charge in [-0.25, -0.2) is 0 Å². The molecular formula is C12H18N2O. The van der Waals surface area contributed by atoms with E-state index in [1.165, 1.54) is 5.56 Å². The first-order valence-electron chi connectivity index (χ1n) is 5.30. The third-order valence-electron chi connectivity index (χ3n) is 2.35. The van der Waals surface area contributed by atoms with Crippen molar-refractivity contribution in [2.45, 2.75) is 13.5 Å². The van der Waals surface area contributed by atoms with Gasteiger partial charge in [-0.2, -0.15) is 0 Å². The van der Waals surface area contributed by atoms with Gasteiger partial charge in [-0.05, 0) is 12.1 Å². The van der Waals surface area contributed by atoms with E-state index in [0.717, 1.165) is 26.0 Å². The topological polar surface area (TPSA) is 32.3 Å². The minimum Gasteiger partial charge on any atom is -0.357 e. The van der Waals surface area contributed by atoms with Crippen molar-refractivity contribution >= 4 is 6.41 Å². The van der Waals surface area contributed by atoms with E-state index in [0.29, 0.717) is 6.54 Å². The van der Waals surface area contributed by atoms with E-state index in [2.05, 4.69) is 29.3 Å². The van der Waals surface area contributed by atoms with Crippen molar-refractivity contribution in [3.8, 4) is 0 Å². The normalized spacial score (nSPS) is 10.3. The van der Waals surface area contributed by atoms with Gasteiger partial charge in [-0.15, -0.1) is 0 Å². The SMILES string of the molecule is CCN(CCNC=O)Cc1ccccc1. The largest absolute Gasteiger partial charge is 0.357 e. The predicted molar refractivity (Wildman–Crippen MR) is 61.5 cm³/mol. The van der Waals surface area contributed by atoms with Crippen molar-refractivity contribution in [1.29, 1.82) is 0 Å². The molecule has 0 heterocycles. The average molecular weight is 206 g/mol. The molecule has 1 aromatic carbocycles. The van der Waals surface area contributed by atoms with Gasteiger partial charge in [0.25, 0.3) is 0 Å². The molecule has 0 atom stereocenters. The Labute approximate surface area is 91.1 Å². The Bertz CT molecular complexity index is 274. The van der Waals surface area contributed by atoms with E-state index < -0.39 is 0 Å². The van der Waals surface area contributed by atoms with Crippen LogP contribution in [-0.4, -0.2) is 30.9 Å². The molecule has 1 N–H and O–H groups in total. The smallest absolute Gasteiger partial charge is 0.207 e. The lowest BCUT2D eigenvalue weighted by Crippen LogP contribution is -2.31. The number of rotatable bonds is 7. The minimum absolute atomic E-state index is 0.712. The van der Waals surface area contributed by atoms with Crippen LogP contribution in [0.1, 0.15) is 12.5 Å². The zero-order valence-electron chi connectivity index (χ0n) is 9.15. The summed E-state index contributed by atoms with van der Waals surface area (Å²) >= 11 is 0. The van der Waals surface area contributed by atoms with Crippen molar-refractivity contribution in [3.63, 3.8) is 0 Å². The molecule has 0 aliphatic rings. The van der Waals surface area contributed by atoms with Crippen molar-refractivity contribution in [2.24, 2.45) is 0 Å². The second-order valence-electron chi connectivity index (χ2n) is 3.43. The average Bonchev–Trinajstić information content (AvgIpc) is 2.29. The fourth-order valence-corrected chi connectivity index (χ4v) is 1.47. The number of carbonyl (C=O) groups excluding carboxylic acids is 1. The number of carbonyl (C=O) groups is 1. The molecule has 1 rings (SSSR count). The molecule has 0 unspecified atom stereocenters. The van der Waals surface area contributed by atoms with Crippen LogP contribution in [0.15, 0.2) is 30.3 Å². The Morgan fingerprint density at radius 1 is 1.33 bits per heavy atom. The van der Waals surface area contributed by atoms with Crippen LogP contribution >= 0.6 is 0 Å². The monoisotopic (exact) mass is 206 g/mol. The van der Waals surface area contributed by atoms with E-state index in [-0.39, 0.29) is 0 Å². The maximum atomic E-state index is 10.1. The van der Waals surface area contributed by atoms with Gasteiger partial charge in [-0.3, -0.25) is 9.69 Å². The number of amides is 1. The molecule has 0 fully saturated rings. The van der Waals surface area contributed by atoms with E-state index in [1.54, 1.807) is 0 Å². The number of likely N-dealkylation sites (N-methyl/N-ethyl adjacent to an activating group) is 1. The third kappa shape index (κ3) is 4.61. The minimum atomic E-state index is 0.712. The number of hydrogen-bond donors (Lipinski definition) is 1. The maximum absolute atomic E-state index is 10.1. The van der Waals surface area contributed by atoms with Crippen molar-refractivity contribution in [2.75, 3.05) is 19.6 Å². The number of nitrogens with zero attached hydrogens (tertiary/aromatic N) is 1. The van der Waals surface area contributed by atoms with E-state index in [9.17, 15) is 4.79 Å². The van der Waals surface area contributed by atoms with E-state index in [4.69, 9.17) is 0 Å². The summed E-state index contributed by atoms with van der Waals surface area (Å²) < 4.78 is 0. The summed E-state index contributed by atoms with van der Waals surface area (Å²) in [6, 6.07) is 10.4. The molecular weight excluding hydrogens is 188 g/mol. The molecule has 0 radical (unpaired) electrons. The number of benzene rings is 1. The first-order chi connectivity index (χ1) is 7.36. The first-order valence-corrected chi connectivity index (χ1v) is 5.30. The van der Waals surface area contributed by atoms with Gasteiger partial charge in [0.1, 0.15) is 0 Å². The lowest BCUT2D eigenvalue weighted by Gasteiger charge is -2.19. The van der Waals surface area contributed by atoms with Gasteiger partial charge < -0.3 is 5.32 Å². The van der Waals surface area contributed by atoms with Gasteiger partial charge in [0.2, 0.25) is 6.41 Å². The highest BCUT2D eigenvalue weighted by Crippen LogP contribution is 2.03. The van der Waals surface area contributed by atoms with Gasteiger partial charge in [0.05, 0.1) is 0 Å². The Morgan fingerprint density at radius 3 is 2.67 bits per heavy atom. The Kier molecular flexibility index (Phi) is 5.48. The van der Waals surface area contributed by atoms with E-state index in [1.807, 2.05) is 18.2 Å². The summed E-state index contributed by atoms with van der Waals surface area (Å²) in [5.41, 5.74) is 1.31. The summed E-state index contributed by atoms with van der Waals surface area (Å²) in [6.07, 6.45) is 0.746. The molecule has 15 heavy (non-hydrogen) atoms. The lowest BCUT2D eigenvalue weighted by atomic mass is 10.2. The van der Waals surface area contributed by atoms with Gasteiger partial charge in [0, 0.05) is 19.6 Å². The Balaban J connectivity index is 2.36. The van der Waals surface area contributed by atoms with Crippen molar-refractivity contribution in [3.05, 3.63) is 35.9 Å². The highest BCUT2D eigenvalue weighted by atomic mass is 16.1. The van der Waals surface area contributed by atoms with Crippen LogP contribution in [0.25, 0.3) is 0 Å². The van der Waals surface area contributed by atoms with Crippen molar-refractivity contribution in [1.82, 2.24) is 10.2 Å². The van der Waals surface area contributed by atoms with Crippen molar-refractivity contribution < 1.29 is 4.79 Å². The first kappa shape index (κ1) is 11.7. The highest BCUT2D eigenvalue weighted by Gasteiger charge is 2.01. The summed E-state index contributed by atoms with van der Waals surface area (Å²) in [5, 5.41) is 2.68. The molecule has 0 bridgehead atoms. The molecule has 0 saturated carbocycles. The Hall–Kier alpha value is -1.35. The molecule has 3 nitrogen and oxygen atoms in total. The molecule has 0 aromatic heterocycles. The van der Waals surface area contributed by atoms with Crippen LogP contribution < -0.4 is 5.32 Å². The number of nitrogens with one attached hydrogen (secondary N) is 1. The zero-order chi connectivity index (χ0) is 10.9. The molecule has 0 aliphatic carbocycles. The van der Waals surface area contributed by atoms with Crippen LogP contribution in [0.5, 0.6) is 0 Å². The van der Waals surface area contributed by atoms with Crippen LogP contribution in [-0.2, 0) is 11.3 Å². The quantitative estimate of drug-likeness (QED) is 0.538. The Morgan fingerprint density at radius 2 is 2.07 bits per heavy atom. The molecule has 82 valence electrons. The van der Waals surface area contributed by atoms with Gasteiger partial charge >= 0.3 is 0 Å². The summed E-state index contributed by atoms with van der Waals surface area (Å²) in [4.78, 5) is 12.4.